The molecule has 180 valence electrons. The summed E-state index contributed by atoms with van der Waals surface area (Å²) >= 11 is -0.199. The number of aromatic amines is 1. The Kier molecular flexibility index (Phi) is 8.14. The summed E-state index contributed by atoms with van der Waals surface area (Å²) in [7, 11) is 1.35. The molecule has 0 amide bonds. The standard InChI is InChI=1S/C24H22F4N2O3S/c1-3-15(16-5-7-17(8-6-16)34-24(26,27)28)12-20(31)19-13-23(32)30-22(29-19)11-14-4-9-21(33-2)18(25)10-14/h4-10,13,15H,3,11-12H2,1-2H3,(H,29,30,32)/t15-/m0/s1. The van der Waals surface area contributed by atoms with Gasteiger partial charge in [0.2, 0.25) is 0 Å². The molecule has 0 bridgehead atoms. The van der Waals surface area contributed by atoms with Gasteiger partial charge in [-0.3, -0.25) is 9.59 Å². The van der Waals surface area contributed by atoms with Crippen LogP contribution < -0.4 is 10.3 Å². The van der Waals surface area contributed by atoms with E-state index in [0.29, 0.717) is 12.0 Å². The molecular weight excluding hydrogens is 472 g/mol. The van der Waals surface area contributed by atoms with Crippen molar-refractivity contribution in [1.29, 1.82) is 0 Å². The molecule has 0 aliphatic heterocycles. The number of rotatable bonds is 9. The third-order valence-corrected chi connectivity index (χ3v) is 5.91. The lowest BCUT2D eigenvalue weighted by Gasteiger charge is -2.15. The second kappa shape index (κ2) is 10.9. The van der Waals surface area contributed by atoms with E-state index < -0.39 is 16.9 Å². The van der Waals surface area contributed by atoms with Gasteiger partial charge in [-0.1, -0.05) is 25.1 Å². The van der Waals surface area contributed by atoms with Crippen molar-refractivity contribution < 1.29 is 27.1 Å². The van der Waals surface area contributed by atoms with E-state index in [2.05, 4.69) is 9.97 Å². The molecule has 1 N–H and O–H groups in total. The highest BCUT2D eigenvalue weighted by Gasteiger charge is 2.29. The van der Waals surface area contributed by atoms with Crippen LogP contribution in [0.3, 0.4) is 0 Å². The van der Waals surface area contributed by atoms with Crippen LogP contribution in [0.25, 0.3) is 0 Å². The molecular formula is C24H22F4N2O3S. The first kappa shape index (κ1) is 25.5. The fraction of sp³-hybridized carbons (Fsp3) is 0.292. The minimum atomic E-state index is -4.37. The first-order valence-electron chi connectivity index (χ1n) is 10.4. The third kappa shape index (κ3) is 6.93. The van der Waals surface area contributed by atoms with E-state index in [1.54, 1.807) is 18.2 Å². The number of benzene rings is 2. The van der Waals surface area contributed by atoms with Gasteiger partial charge in [-0.15, -0.1) is 0 Å². The van der Waals surface area contributed by atoms with Crippen molar-refractivity contribution in [2.75, 3.05) is 7.11 Å². The molecule has 0 radical (unpaired) electrons. The quantitative estimate of drug-likeness (QED) is 0.228. The molecule has 0 saturated carbocycles. The van der Waals surface area contributed by atoms with Crippen LogP contribution in [0.5, 0.6) is 5.75 Å². The number of carbonyl (C=O) groups excluding carboxylic acids is 1. The number of methoxy groups -OCH3 is 1. The van der Waals surface area contributed by atoms with Gasteiger partial charge in [0.25, 0.3) is 5.56 Å². The number of hydrogen-bond acceptors (Lipinski definition) is 5. The Labute approximate surface area is 197 Å². The zero-order valence-electron chi connectivity index (χ0n) is 18.4. The molecule has 0 fully saturated rings. The lowest BCUT2D eigenvalue weighted by molar-refractivity contribution is -0.0328. The fourth-order valence-electron chi connectivity index (χ4n) is 3.52. The monoisotopic (exact) mass is 494 g/mol. The van der Waals surface area contributed by atoms with E-state index in [9.17, 15) is 27.2 Å². The molecule has 1 heterocycles. The van der Waals surface area contributed by atoms with Crippen LogP contribution in [0.2, 0.25) is 0 Å². The molecule has 0 spiro atoms. The molecule has 0 aliphatic carbocycles. The summed E-state index contributed by atoms with van der Waals surface area (Å²) in [5.74, 6) is -0.877. The number of nitrogens with one attached hydrogen (secondary N) is 1. The predicted octanol–water partition coefficient (Wildman–Crippen LogP) is 5.89. The average Bonchev–Trinajstić information content (AvgIpc) is 2.76. The summed E-state index contributed by atoms with van der Waals surface area (Å²) in [6, 6.07) is 11.4. The van der Waals surface area contributed by atoms with Crippen molar-refractivity contribution in [3.05, 3.63) is 87.3 Å². The number of halogens is 4. The SMILES string of the molecule is CC[C@@H](CC(=O)c1cc(=O)[nH]c(Cc2ccc(OC)c(F)c2)n1)c1ccc(SC(F)(F)F)cc1. The summed E-state index contributed by atoms with van der Waals surface area (Å²) in [5.41, 5.74) is -3.64. The predicted molar refractivity (Wildman–Crippen MR) is 121 cm³/mol. The first-order valence-corrected chi connectivity index (χ1v) is 11.2. The molecule has 0 saturated heterocycles. The summed E-state index contributed by atoms with van der Waals surface area (Å²) < 4.78 is 56.5. The van der Waals surface area contributed by atoms with Gasteiger partial charge in [0.05, 0.1) is 7.11 Å². The molecule has 10 heteroatoms. The van der Waals surface area contributed by atoms with Gasteiger partial charge in [-0.2, -0.15) is 13.2 Å². The van der Waals surface area contributed by atoms with Crippen LogP contribution in [0.15, 0.2) is 58.2 Å². The number of Topliss-reactive ketones (excluding diaryl/α,β-unsaturated/α-hetero) is 1. The molecule has 1 aromatic heterocycles. The zero-order chi connectivity index (χ0) is 24.9. The highest BCUT2D eigenvalue weighted by molar-refractivity contribution is 8.00. The number of ether oxygens (including phenoxy) is 1. The number of alkyl halides is 3. The molecule has 3 rings (SSSR count). The number of carbonyl (C=O) groups is 1. The first-order chi connectivity index (χ1) is 16.1. The van der Waals surface area contributed by atoms with Crippen molar-refractivity contribution in [2.24, 2.45) is 0 Å². The molecule has 1 atom stereocenters. The molecule has 0 unspecified atom stereocenters. The number of nitrogens with zero attached hydrogens (tertiary/aromatic N) is 1. The van der Waals surface area contributed by atoms with Crippen molar-refractivity contribution >= 4 is 17.5 Å². The normalized spacial score (nSPS) is 12.4. The second-order valence-electron chi connectivity index (χ2n) is 7.57. The number of aromatic nitrogens is 2. The lowest BCUT2D eigenvalue weighted by Crippen LogP contribution is -2.17. The Hall–Kier alpha value is -3.14. The van der Waals surface area contributed by atoms with E-state index in [4.69, 9.17) is 4.74 Å². The van der Waals surface area contributed by atoms with Crippen LogP contribution in [0.1, 0.15) is 53.1 Å². The van der Waals surface area contributed by atoms with Gasteiger partial charge in [-0.25, -0.2) is 9.37 Å². The van der Waals surface area contributed by atoms with Gasteiger partial charge in [-0.05, 0) is 59.5 Å². The van der Waals surface area contributed by atoms with Crippen molar-refractivity contribution in [1.82, 2.24) is 9.97 Å². The van der Waals surface area contributed by atoms with E-state index in [1.165, 1.54) is 31.4 Å². The topological polar surface area (TPSA) is 72.0 Å². The fourth-order valence-corrected chi connectivity index (χ4v) is 4.06. The van der Waals surface area contributed by atoms with Crippen molar-refractivity contribution in [3.63, 3.8) is 0 Å². The summed E-state index contributed by atoms with van der Waals surface area (Å²) in [6.45, 7) is 1.87. The lowest BCUT2D eigenvalue weighted by atomic mass is 9.90. The van der Waals surface area contributed by atoms with E-state index >= 15 is 0 Å². The Bertz CT molecular complexity index is 1210. The van der Waals surface area contributed by atoms with Gasteiger partial charge in [0.1, 0.15) is 11.5 Å². The van der Waals surface area contributed by atoms with Crippen LogP contribution in [-0.2, 0) is 6.42 Å². The Balaban J connectivity index is 1.75. The smallest absolute Gasteiger partial charge is 0.446 e. The number of ketones is 1. The van der Waals surface area contributed by atoms with Gasteiger partial charge >= 0.3 is 5.51 Å². The summed E-state index contributed by atoms with van der Waals surface area (Å²) in [4.78, 5) is 31.9. The minimum absolute atomic E-state index is 0.0181. The molecule has 34 heavy (non-hydrogen) atoms. The second-order valence-corrected chi connectivity index (χ2v) is 8.71. The summed E-state index contributed by atoms with van der Waals surface area (Å²) in [6.07, 6.45) is 0.709. The van der Waals surface area contributed by atoms with E-state index in [1.807, 2.05) is 6.92 Å². The maximum Gasteiger partial charge on any atom is 0.446 e. The van der Waals surface area contributed by atoms with Gasteiger partial charge < -0.3 is 9.72 Å². The average molecular weight is 495 g/mol. The largest absolute Gasteiger partial charge is 0.494 e. The van der Waals surface area contributed by atoms with E-state index in [-0.39, 0.29) is 58.5 Å². The highest BCUT2D eigenvalue weighted by atomic mass is 32.2. The Morgan fingerprint density at radius 3 is 2.44 bits per heavy atom. The molecule has 0 aliphatic rings. The van der Waals surface area contributed by atoms with Crippen LogP contribution in [0.4, 0.5) is 17.6 Å². The van der Waals surface area contributed by atoms with Gasteiger partial charge in [0, 0.05) is 23.8 Å². The minimum Gasteiger partial charge on any atom is -0.494 e. The molecule has 2 aromatic carbocycles. The van der Waals surface area contributed by atoms with Crippen LogP contribution in [-0.4, -0.2) is 28.4 Å². The Morgan fingerprint density at radius 2 is 1.85 bits per heavy atom. The van der Waals surface area contributed by atoms with Crippen LogP contribution >= 0.6 is 11.8 Å². The van der Waals surface area contributed by atoms with E-state index in [0.717, 1.165) is 11.6 Å². The number of thioether (sulfide) groups is 1. The van der Waals surface area contributed by atoms with Crippen molar-refractivity contribution in [2.45, 2.75) is 42.5 Å². The number of H-pyrrole nitrogens is 1. The Morgan fingerprint density at radius 1 is 1.15 bits per heavy atom. The van der Waals surface area contributed by atoms with Crippen molar-refractivity contribution in [3.8, 4) is 5.75 Å². The van der Waals surface area contributed by atoms with Crippen LogP contribution in [0, 0.1) is 5.82 Å². The summed E-state index contributed by atoms with van der Waals surface area (Å²) in [5, 5.41) is 0. The third-order valence-electron chi connectivity index (χ3n) is 5.17. The zero-order valence-corrected chi connectivity index (χ0v) is 19.2. The van der Waals surface area contributed by atoms with Gasteiger partial charge in [0.15, 0.2) is 17.3 Å². The molecule has 3 aromatic rings. The molecule has 5 nitrogen and oxygen atoms in total. The number of hydrogen-bond donors (Lipinski definition) is 1. The maximum atomic E-state index is 14.0. The highest BCUT2D eigenvalue weighted by Crippen LogP contribution is 2.37. The maximum absolute atomic E-state index is 14.0.